The van der Waals surface area contributed by atoms with Gasteiger partial charge in [0.15, 0.2) is 0 Å². The first-order valence-corrected chi connectivity index (χ1v) is 4.98. The second kappa shape index (κ2) is 4.26. The number of hydrogen-bond acceptors (Lipinski definition) is 3. The smallest absolute Gasteiger partial charge is 0.146 e. The molecule has 1 heterocycles. The first-order chi connectivity index (χ1) is 7.68. The first-order valence-electron chi connectivity index (χ1n) is 4.98. The van der Waals surface area contributed by atoms with Crippen LogP contribution in [-0.4, -0.2) is 9.97 Å². The van der Waals surface area contributed by atoms with Crippen molar-refractivity contribution in [3.63, 3.8) is 0 Å². The van der Waals surface area contributed by atoms with Crippen LogP contribution in [0.1, 0.15) is 11.3 Å². The molecule has 0 fully saturated rings. The number of aromatic nitrogens is 2. The molecule has 0 radical (unpaired) electrons. The van der Waals surface area contributed by atoms with Crippen molar-refractivity contribution in [3.05, 3.63) is 47.7 Å². The molecule has 0 unspecified atom stereocenters. The molecule has 3 nitrogen and oxygen atoms in total. The fourth-order valence-electron chi connectivity index (χ4n) is 1.35. The molecule has 0 aliphatic carbocycles. The summed E-state index contributed by atoms with van der Waals surface area (Å²) in [5.41, 5.74) is 2.23. The van der Waals surface area contributed by atoms with Crippen molar-refractivity contribution < 1.29 is 4.39 Å². The SMILES string of the molecule is Cc1ncnc(Nc2ccccc2F)c1C. The number of aryl methyl sites for hydroxylation is 1. The molecular weight excluding hydrogens is 205 g/mol. The summed E-state index contributed by atoms with van der Waals surface area (Å²) in [6.07, 6.45) is 1.46. The monoisotopic (exact) mass is 217 g/mol. The molecular formula is C12H12FN3. The standard InChI is InChI=1S/C12H12FN3/c1-8-9(2)14-7-15-12(8)16-11-6-4-3-5-10(11)13/h3-7H,1-2H3,(H,14,15,16). The number of hydrogen-bond donors (Lipinski definition) is 1. The Labute approximate surface area is 93.4 Å². The predicted octanol–water partition coefficient (Wildman–Crippen LogP) is 2.98. The van der Waals surface area contributed by atoms with Crippen LogP contribution in [-0.2, 0) is 0 Å². The summed E-state index contributed by atoms with van der Waals surface area (Å²) in [7, 11) is 0. The van der Waals surface area contributed by atoms with Gasteiger partial charge >= 0.3 is 0 Å². The summed E-state index contributed by atoms with van der Waals surface area (Å²) in [5, 5.41) is 2.96. The second-order valence-corrected chi connectivity index (χ2v) is 3.54. The number of para-hydroxylation sites is 1. The van der Waals surface area contributed by atoms with E-state index in [1.807, 2.05) is 13.8 Å². The molecule has 2 aromatic rings. The zero-order chi connectivity index (χ0) is 11.5. The van der Waals surface area contributed by atoms with Gasteiger partial charge in [-0.05, 0) is 26.0 Å². The van der Waals surface area contributed by atoms with E-state index in [1.54, 1.807) is 18.2 Å². The van der Waals surface area contributed by atoms with E-state index in [9.17, 15) is 4.39 Å². The minimum absolute atomic E-state index is 0.293. The van der Waals surface area contributed by atoms with Gasteiger partial charge in [0, 0.05) is 11.3 Å². The van der Waals surface area contributed by atoms with Crippen molar-refractivity contribution in [1.29, 1.82) is 0 Å². The highest BCUT2D eigenvalue weighted by Crippen LogP contribution is 2.21. The lowest BCUT2D eigenvalue weighted by Crippen LogP contribution is -2.01. The summed E-state index contributed by atoms with van der Waals surface area (Å²) in [4.78, 5) is 8.15. The molecule has 0 saturated heterocycles. The van der Waals surface area contributed by atoms with E-state index in [4.69, 9.17) is 0 Å². The van der Waals surface area contributed by atoms with Gasteiger partial charge in [-0.25, -0.2) is 14.4 Å². The van der Waals surface area contributed by atoms with Crippen LogP contribution in [0, 0.1) is 19.7 Å². The third-order valence-electron chi connectivity index (χ3n) is 2.46. The lowest BCUT2D eigenvalue weighted by Gasteiger charge is -2.09. The van der Waals surface area contributed by atoms with Crippen LogP contribution in [0.2, 0.25) is 0 Å². The fraction of sp³-hybridized carbons (Fsp3) is 0.167. The molecule has 1 aromatic heterocycles. The molecule has 0 spiro atoms. The molecule has 0 aliphatic heterocycles. The third kappa shape index (κ3) is 2.00. The normalized spacial score (nSPS) is 10.2. The summed E-state index contributed by atoms with van der Waals surface area (Å²) >= 11 is 0. The molecule has 0 saturated carbocycles. The van der Waals surface area contributed by atoms with Crippen molar-refractivity contribution in [1.82, 2.24) is 9.97 Å². The van der Waals surface area contributed by atoms with E-state index in [2.05, 4.69) is 15.3 Å². The highest BCUT2D eigenvalue weighted by molar-refractivity contribution is 5.59. The maximum absolute atomic E-state index is 13.4. The Bertz CT molecular complexity index is 511. The largest absolute Gasteiger partial charge is 0.338 e. The second-order valence-electron chi connectivity index (χ2n) is 3.54. The van der Waals surface area contributed by atoms with E-state index in [1.165, 1.54) is 12.4 Å². The summed E-state index contributed by atoms with van der Waals surface area (Å²) in [5.74, 6) is 0.343. The Balaban J connectivity index is 2.35. The molecule has 2 rings (SSSR count). The van der Waals surface area contributed by atoms with Gasteiger partial charge in [-0.15, -0.1) is 0 Å². The van der Waals surface area contributed by atoms with Crippen molar-refractivity contribution in [2.24, 2.45) is 0 Å². The van der Waals surface area contributed by atoms with Crippen LogP contribution in [0.25, 0.3) is 0 Å². The molecule has 0 aliphatic rings. The van der Waals surface area contributed by atoms with E-state index >= 15 is 0 Å². The maximum Gasteiger partial charge on any atom is 0.146 e. The topological polar surface area (TPSA) is 37.8 Å². The fourth-order valence-corrected chi connectivity index (χ4v) is 1.35. The number of halogens is 1. The van der Waals surface area contributed by atoms with Gasteiger partial charge in [0.25, 0.3) is 0 Å². The molecule has 0 bridgehead atoms. The van der Waals surface area contributed by atoms with Crippen LogP contribution in [0.3, 0.4) is 0 Å². The maximum atomic E-state index is 13.4. The molecule has 16 heavy (non-hydrogen) atoms. The Hall–Kier alpha value is -1.97. The number of benzene rings is 1. The van der Waals surface area contributed by atoms with Crippen molar-refractivity contribution in [2.45, 2.75) is 13.8 Å². The lowest BCUT2D eigenvalue weighted by atomic mass is 10.2. The predicted molar refractivity (Wildman–Crippen MR) is 61.2 cm³/mol. The van der Waals surface area contributed by atoms with Crippen molar-refractivity contribution in [3.8, 4) is 0 Å². The minimum atomic E-state index is -0.293. The van der Waals surface area contributed by atoms with Gasteiger partial charge in [0.2, 0.25) is 0 Å². The number of anilines is 2. The van der Waals surface area contributed by atoms with Gasteiger partial charge in [-0.3, -0.25) is 0 Å². The number of rotatable bonds is 2. The van der Waals surface area contributed by atoms with E-state index in [0.717, 1.165) is 11.3 Å². The van der Waals surface area contributed by atoms with Crippen LogP contribution < -0.4 is 5.32 Å². The highest BCUT2D eigenvalue weighted by Gasteiger charge is 2.06. The molecule has 82 valence electrons. The third-order valence-corrected chi connectivity index (χ3v) is 2.46. The summed E-state index contributed by atoms with van der Waals surface area (Å²) in [6, 6.07) is 6.51. The molecule has 4 heteroatoms. The van der Waals surface area contributed by atoms with Crippen LogP contribution in [0.4, 0.5) is 15.9 Å². The first kappa shape index (κ1) is 10.5. The highest BCUT2D eigenvalue weighted by atomic mass is 19.1. The molecule has 1 N–H and O–H groups in total. The van der Waals surface area contributed by atoms with Crippen molar-refractivity contribution in [2.75, 3.05) is 5.32 Å². The number of nitrogens with one attached hydrogen (secondary N) is 1. The Morgan fingerprint density at radius 3 is 2.62 bits per heavy atom. The average molecular weight is 217 g/mol. The van der Waals surface area contributed by atoms with Gasteiger partial charge in [0.1, 0.15) is 18.0 Å². The average Bonchev–Trinajstić information content (AvgIpc) is 2.28. The van der Waals surface area contributed by atoms with Gasteiger partial charge in [-0.1, -0.05) is 12.1 Å². The Kier molecular flexibility index (Phi) is 2.81. The molecule has 1 aromatic carbocycles. The van der Waals surface area contributed by atoms with Gasteiger partial charge < -0.3 is 5.32 Å². The molecule has 0 atom stereocenters. The van der Waals surface area contributed by atoms with Crippen LogP contribution in [0.15, 0.2) is 30.6 Å². The van der Waals surface area contributed by atoms with E-state index in [0.29, 0.717) is 11.5 Å². The summed E-state index contributed by atoms with van der Waals surface area (Å²) in [6.45, 7) is 3.79. The summed E-state index contributed by atoms with van der Waals surface area (Å²) < 4.78 is 13.4. The van der Waals surface area contributed by atoms with E-state index in [-0.39, 0.29) is 5.82 Å². The van der Waals surface area contributed by atoms with Crippen LogP contribution in [0.5, 0.6) is 0 Å². The van der Waals surface area contributed by atoms with Crippen LogP contribution >= 0.6 is 0 Å². The molecule has 0 amide bonds. The lowest BCUT2D eigenvalue weighted by molar-refractivity contribution is 0.631. The zero-order valence-electron chi connectivity index (χ0n) is 9.16. The van der Waals surface area contributed by atoms with Crippen molar-refractivity contribution >= 4 is 11.5 Å². The van der Waals surface area contributed by atoms with Gasteiger partial charge in [0.05, 0.1) is 5.69 Å². The Morgan fingerprint density at radius 2 is 1.88 bits per heavy atom. The Morgan fingerprint density at radius 1 is 1.12 bits per heavy atom. The minimum Gasteiger partial charge on any atom is -0.338 e. The number of nitrogens with zero attached hydrogens (tertiary/aromatic N) is 2. The van der Waals surface area contributed by atoms with Gasteiger partial charge in [-0.2, -0.15) is 0 Å². The van der Waals surface area contributed by atoms with E-state index < -0.39 is 0 Å². The zero-order valence-corrected chi connectivity index (χ0v) is 9.16. The quantitative estimate of drug-likeness (QED) is 0.840.